The number of benzene rings is 1. The fourth-order valence-electron chi connectivity index (χ4n) is 3.52. The molecule has 176 valence electrons. The fraction of sp³-hybridized carbons (Fsp3) is 0.261. The maximum atomic E-state index is 13.4. The molecule has 9 nitrogen and oxygen atoms in total. The Morgan fingerprint density at radius 2 is 2.03 bits per heavy atom. The first kappa shape index (κ1) is 23.0. The third kappa shape index (κ3) is 4.24. The van der Waals surface area contributed by atoms with E-state index in [0.29, 0.717) is 29.1 Å². The first-order chi connectivity index (χ1) is 16.3. The molecule has 0 bridgehead atoms. The molecule has 0 saturated carbocycles. The van der Waals surface area contributed by atoms with Crippen LogP contribution in [0.3, 0.4) is 0 Å². The third-order valence-electron chi connectivity index (χ3n) is 5.27. The molecule has 0 aliphatic heterocycles. The molecule has 0 atom stereocenters. The van der Waals surface area contributed by atoms with Crippen LogP contribution < -0.4 is 15.2 Å². The highest BCUT2D eigenvalue weighted by molar-refractivity contribution is 6.05. The van der Waals surface area contributed by atoms with E-state index in [2.05, 4.69) is 19.9 Å². The molecule has 0 aliphatic carbocycles. The fourth-order valence-corrected chi connectivity index (χ4v) is 3.52. The van der Waals surface area contributed by atoms with Crippen molar-refractivity contribution in [3.8, 4) is 17.1 Å². The molecule has 0 unspecified atom stereocenters. The molecule has 0 fully saturated rings. The van der Waals surface area contributed by atoms with Crippen LogP contribution in [0.5, 0.6) is 5.75 Å². The molecule has 0 spiro atoms. The molecule has 11 heteroatoms. The van der Waals surface area contributed by atoms with Gasteiger partial charge in [0.05, 0.1) is 7.11 Å². The lowest BCUT2D eigenvalue weighted by Crippen LogP contribution is -2.27. The van der Waals surface area contributed by atoms with Crippen LogP contribution in [-0.2, 0) is 6.54 Å². The molecule has 1 N–H and O–H groups in total. The summed E-state index contributed by atoms with van der Waals surface area (Å²) in [5.74, 6) is 0.326. The molecule has 0 radical (unpaired) electrons. The van der Waals surface area contributed by atoms with Gasteiger partial charge in [-0.3, -0.25) is 19.1 Å². The summed E-state index contributed by atoms with van der Waals surface area (Å²) >= 11 is 0. The van der Waals surface area contributed by atoms with E-state index in [1.54, 1.807) is 50.4 Å². The number of carbonyl (C=O) groups is 1. The number of hydrogen-bond acceptors (Lipinski definition) is 6. The number of nitrogens with one attached hydrogen (secondary N) is 1. The molecule has 3 heterocycles. The van der Waals surface area contributed by atoms with E-state index >= 15 is 0 Å². The van der Waals surface area contributed by atoms with Gasteiger partial charge in [-0.1, -0.05) is 13.0 Å². The standard InChI is InChI=1S/C23H22F2N6O3/c1-4-10-31-21(18(24)25)29-20-17(23(31)33)27-19(28-20)14-8-9-16(26-12-14)30(2)22(32)13-6-5-7-15(11-13)34-3/h5-9,11-12,18H,4,10H2,1-3H3,(H,27,28). The second-order valence-corrected chi connectivity index (χ2v) is 7.51. The molecular formula is C23H22F2N6O3. The maximum absolute atomic E-state index is 13.4. The zero-order valence-corrected chi connectivity index (χ0v) is 18.7. The molecule has 1 aromatic carbocycles. The van der Waals surface area contributed by atoms with Crippen LogP contribution in [0.2, 0.25) is 0 Å². The number of imidazole rings is 1. The summed E-state index contributed by atoms with van der Waals surface area (Å²) in [5.41, 5.74) is 0.298. The summed E-state index contributed by atoms with van der Waals surface area (Å²) < 4.78 is 33.0. The van der Waals surface area contributed by atoms with E-state index < -0.39 is 17.8 Å². The zero-order valence-electron chi connectivity index (χ0n) is 18.7. The smallest absolute Gasteiger partial charge is 0.295 e. The Bertz CT molecular complexity index is 1400. The number of amides is 1. The van der Waals surface area contributed by atoms with Crippen LogP contribution in [0.1, 0.15) is 36.0 Å². The van der Waals surface area contributed by atoms with Gasteiger partial charge < -0.3 is 9.72 Å². The Kier molecular flexibility index (Phi) is 6.35. The largest absolute Gasteiger partial charge is 0.497 e. The number of fused-ring (bicyclic) bond motifs is 1. The van der Waals surface area contributed by atoms with Crippen LogP contribution in [0.15, 0.2) is 47.4 Å². The van der Waals surface area contributed by atoms with Crippen LogP contribution in [0.25, 0.3) is 22.6 Å². The van der Waals surface area contributed by atoms with E-state index in [-0.39, 0.29) is 29.4 Å². The second-order valence-electron chi connectivity index (χ2n) is 7.51. The highest BCUT2D eigenvalue weighted by atomic mass is 19.3. The van der Waals surface area contributed by atoms with Crippen molar-refractivity contribution >= 4 is 22.9 Å². The van der Waals surface area contributed by atoms with Crippen molar-refractivity contribution in [1.82, 2.24) is 24.5 Å². The van der Waals surface area contributed by atoms with Crippen LogP contribution in [0, 0.1) is 0 Å². The van der Waals surface area contributed by atoms with Crippen LogP contribution in [0.4, 0.5) is 14.6 Å². The van der Waals surface area contributed by atoms with Crippen LogP contribution >= 0.6 is 0 Å². The lowest BCUT2D eigenvalue weighted by molar-refractivity contribution is 0.0992. The monoisotopic (exact) mass is 468 g/mol. The number of H-pyrrole nitrogens is 1. The van der Waals surface area contributed by atoms with Crippen molar-refractivity contribution in [2.45, 2.75) is 26.3 Å². The number of rotatable bonds is 7. The first-order valence-corrected chi connectivity index (χ1v) is 10.5. The highest BCUT2D eigenvalue weighted by Crippen LogP contribution is 2.23. The Hall–Kier alpha value is -4.15. The average Bonchev–Trinajstić information content (AvgIpc) is 3.29. The van der Waals surface area contributed by atoms with Crippen molar-refractivity contribution in [3.05, 3.63) is 64.3 Å². The van der Waals surface area contributed by atoms with Crippen molar-refractivity contribution in [1.29, 1.82) is 0 Å². The summed E-state index contributed by atoms with van der Waals surface area (Å²) in [6.07, 6.45) is -0.926. The highest BCUT2D eigenvalue weighted by Gasteiger charge is 2.21. The minimum absolute atomic E-state index is 0.0437. The Balaban J connectivity index is 1.64. The minimum atomic E-state index is -2.90. The van der Waals surface area contributed by atoms with E-state index in [9.17, 15) is 18.4 Å². The third-order valence-corrected chi connectivity index (χ3v) is 5.27. The number of nitrogens with zero attached hydrogens (tertiary/aromatic N) is 5. The number of aromatic nitrogens is 5. The maximum Gasteiger partial charge on any atom is 0.295 e. The van der Waals surface area contributed by atoms with Crippen molar-refractivity contribution in [2.75, 3.05) is 19.1 Å². The molecule has 0 aliphatic rings. The van der Waals surface area contributed by atoms with Gasteiger partial charge in [0.2, 0.25) is 0 Å². The van der Waals surface area contributed by atoms with Crippen molar-refractivity contribution < 1.29 is 18.3 Å². The Morgan fingerprint density at radius 1 is 1.24 bits per heavy atom. The number of ether oxygens (including phenoxy) is 1. The number of aromatic amines is 1. The van der Waals surface area contributed by atoms with Gasteiger partial charge in [-0.15, -0.1) is 0 Å². The molecule has 3 aromatic heterocycles. The van der Waals surface area contributed by atoms with Crippen molar-refractivity contribution in [3.63, 3.8) is 0 Å². The van der Waals surface area contributed by atoms with Gasteiger partial charge >= 0.3 is 0 Å². The molecule has 34 heavy (non-hydrogen) atoms. The zero-order chi connectivity index (χ0) is 24.4. The normalized spacial score (nSPS) is 11.2. The van der Waals surface area contributed by atoms with Crippen LogP contribution in [-0.4, -0.2) is 44.6 Å². The van der Waals surface area contributed by atoms with Gasteiger partial charge in [0.1, 0.15) is 17.4 Å². The van der Waals surface area contributed by atoms with Gasteiger partial charge in [0.25, 0.3) is 17.9 Å². The number of hydrogen-bond donors (Lipinski definition) is 1. The van der Waals surface area contributed by atoms with Gasteiger partial charge in [-0.2, -0.15) is 0 Å². The van der Waals surface area contributed by atoms with Gasteiger partial charge in [0, 0.05) is 30.9 Å². The lowest BCUT2D eigenvalue weighted by atomic mass is 10.2. The minimum Gasteiger partial charge on any atom is -0.497 e. The number of alkyl halides is 2. The summed E-state index contributed by atoms with van der Waals surface area (Å²) in [4.78, 5) is 42.2. The summed E-state index contributed by atoms with van der Waals surface area (Å²) in [6, 6.07) is 10.1. The lowest BCUT2D eigenvalue weighted by Gasteiger charge is -2.16. The van der Waals surface area contributed by atoms with E-state index in [1.807, 2.05) is 0 Å². The average molecular weight is 468 g/mol. The van der Waals surface area contributed by atoms with Gasteiger partial charge in [-0.05, 0) is 36.8 Å². The van der Waals surface area contributed by atoms with E-state index in [1.165, 1.54) is 18.2 Å². The first-order valence-electron chi connectivity index (χ1n) is 10.5. The number of anilines is 1. The Morgan fingerprint density at radius 3 is 2.68 bits per heavy atom. The number of halogens is 2. The number of carbonyl (C=O) groups excluding carboxylic acids is 1. The topological polar surface area (TPSA) is 106 Å². The number of methoxy groups -OCH3 is 1. The summed E-state index contributed by atoms with van der Waals surface area (Å²) in [5, 5.41) is 0. The molecule has 0 saturated heterocycles. The predicted molar refractivity (Wildman–Crippen MR) is 122 cm³/mol. The van der Waals surface area contributed by atoms with E-state index in [0.717, 1.165) is 4.57 Å². The quantitative estimate of drug-likeness (QED) is 0.442. The molecule has 4 aromatic rings. The molecular weight excluding hydrogens is 446 g/mol. The second kappa shape index (κ2) is 9.38. The van der Waals surface area contributed by atoms with Crippen molar-refractivity contribution in [2.24, 2.45) is 0 Å². The molecule has 4 rings (SSSR count). The summed E-state index contributed by atoms with van der Waals surface area (Å²) in [7, 11) is 3.12. The summed E-state index contributed by atoms with van der Waals surface area (Å²) in [6.45, 7) is 1.91. The molecule has 1 amide bonds. The predicted octanol–water partition coefficient (Wildman–Crippen LogP) is 3.81. The van der Waals surface area contributed by atoms with Gasteiger partial charge in [-0.25, -0.2) is 23.7 Å². The Labute approximate surface area is 193 Å². The van der Waals surface area contributed by atoms with E-state index in [4.69, 9.17) is 4.74 Å². The number of pyridine rings is 1. The SMILES string of the molecule is CCCn1c(C(F)F)nc2nc(-c3ccc(N(C)C(=O)c4cccc(OC)c4)nc3)[nH]c2c1=O. The van der Waals surface area contributed by atoms with Gasteiger partial charge in [0.15, 0.2) is 17.0 Å².